The fraction of sp³-hybridized carbons (Fsp3) is 0.346. The molecule has 0 saturated carbocycles. The van der Waals surface area contributed by atoms with E-state index in [0.29, 0.717) is 26.1 Å². The molecule has 0 atom stereocenters. The average molecular weight is 465 g/mol. The normalized spacial score (nSPS) is 16.8. The summed E-state index contributed by atoms with van der Waals surface area (Å²) < 4.78 is 11.0. The van der Waals surface area contributed by atoms with Gasteiger partial charge >= 0.3 is 12.1 Å². The Kier molecular flexibility index (Phi) is 6.98. The number of carboxylic acid groups (broad SMARTS) is 1. The third-order valence-corrected chi connectivity index (χ3v) is 6.47. The van der Waals surface area contributed by atoms with Crippen molar-refractivity contribution in [3.05, 3.63) is 71.3 Å². The van der Waals surface area contributed by atoms with Crippen LogP contribution in [0, 0.1) is 0 Å². The van der Waals surface area contributed by atoms with Crippen LogP contribution < -0.4 is 10.6 Å². The Morgan fingerprint density at radius 2 is 1.65 bits per heavy atom. The molecule has 3 N–H and O–H groups in total. The summed E-state index contributed by atoms with van der Waals surface area (Å²) in [4.78, 5) is 36.8. The molecule has 4 rings (SSSR count). The molecule has 1 aliphatic carbocycles. The van der Waals surface area contributed by atoms with Crippen molar-refractivity contribution in [3.63, 3.8) is 0 Å². The maximum Gasteiger partial charge on any atom is 0.408 e. The van der Waals surface area contributed by atoms with Crippen LogP contribution in [0.1, 0.15) is 36.8 Å². The predicted octanol–water partition coefficient (Wildman–Crippen LogP) is 3.22. The molecule has 1 saturated heterocycles. The lowest BCUT2D eigenvalue weighted by atomic mass is 9.89. The van der Waals surface area contributed by atoms with Gasteiger partial charge in [0.25, 0.3) is 0 Å². The third-order valence-electron chi connectivity index (χ3n) is 6.47. The lowest BCUT2D eigenvalue weighted by Gasteiger charge is -2.36. The summed E-state index contributed by atoms with van der Waals surface area (Å²) in [6.45, 7) is 2.29. The summed E-state index contributed by atoms with van der Waals surface area (Å²) in [6, 6.07) is 16.1. The minimum atomic E-state index is -1.17. The van der Waals surface area contributed by atoms with Crippen LogP contribution in [-0.4, -0.2) is 55.0 Å². The van der Waals surface area contributed by atoms with E-state index in [9.17, 15) is 14.4 Å². The van der Waals surface area contributed by atoms with Crippen molar-refractivity contribution in [2.75, 3.05) is 26.4 Å². The third kappa shape index (κ3) is 4.82. The van der Waals surface area contributed by atoms with Crippen LogP contribution in [0.25, 0.3) is 11.1 Å². The van der Waals surface area contributed by atoms with E-state index in [0.717, 1.165) is 22.3 Å². The van der Waals surface area contributed by atoms with Gasteiger partial charge in [0, 0.05) is 44.1 Å². The van der Waals surface area contributed by atoms with Crippen molar-refractivity contribution >= 4 is 18.0 Å². The van der Waals surface area contributed by atoms with Crippen LogP contribution in [0.3, 0.4) is 0 Å². The van der Waals surface area contributed by atoms with Crippen LogP contribution in [0.15, 0.2) is 60.2 Å². The number of hydrogen-bond donors (Lipinski definition) is 3. The standard InChI is InChI=1S/C26H28N2O6/c1-17(23(29)30)10-13-27-24(31)26(11-14-33-15-12-26)28-25(32)34-16-22-20-8-4-2-6-18(20)19-7-3-5-9-21(19)22/h2-10,22H,11-16H2,1H3,(H,27,31)(H,28,32)(H,29,30)/b17-10+. The number of aliphatic carboxylic acids is 1. The number of carbonyl (C=O) groups excluding carboxylic acids is 2. The van der Waals surface area contributed by atoms with E-state index in [2.05, 4.69) is 22.8 Å². The summed E-state index contributed by atoms with van der Waals surface area (Å²) in [7, 11) is 0. The fourth-order valence-electron chi connectivity index (χ4n) is 4.51. The second kappa shape index (κ2) is 10.1. The van der Waals surface area contributed by atoms with Crippen LogP contribution in [0.5, 0.6) is 0 Å². The van der Waals surface area contributed by atoms with Gasteiger partial charge < -0.3 is 25.2 Å². The molecular weight excluding hydrogens is 436 g/mol. The highest BCUT2D eigenvalue weighted by atomic mass is 16.5. The molecule has 1 heterocycles. The number of fused-ring (bicyclic) bond motifs is 3. The summed E-state index contributed by atoms with van der Waals surface area (Å²) in [5.74, 6) is -1.52. The largest absolute Gasteiger partial charge is 0.478 e. The first-order valence-electron chi connectivity index (χ1n) is 11.3. The van der Waals surface area contributed by atoms with Gasteiger partial charge in [-0.2, -0.15) is 0 Å². The van der Waals surface area contributed by atoms with Gasteiger partial charge in [-0.05, 0) is 29.2 Å². The van der Waals surface area contributed by atoms with E-state index in [4.69, 9.17) is 14.6 Å². The molecule has 1 aliphatic heterocycles. The molecule has 0 spiro atoms. The molecule has 8 nitrogen and oxygen atoms in total. The fourth-order valence-corrected chi connectivity index (χ4v) is 4.51. The maximum atomic E-state index is 13.0. The number of amides is 2. The van der Waals surface area contributed by atoms with Crippen LogP contribution in [-0.2, 0) is 19.1 Å². The molecule has 2 amide bonds. The SMILES string of the molecule is C/C(=C\CNC(=O)C1(NC(=O)OCC2c3ccccc3-c3ccccc32)CCOCC1)C(=O)O. The molecule has 0 bridgehead atoms. The van der Waals surface area contributed by atoms with Gasteiger partial charge in [-0.25, -0.2) is 9.59 Å². The molecule has 1 fully saturated rings. The summed E-state index contributed by atoms with van der Waals surface area (Å²) in [6.07, 6.45) is 1.34. The van der Waals surface area contributed by atoms with Crippen molar-refractivity contribution in [1.29, 1.82) is 0 Å². The lowest BCUT2D eigenvalue weighted by Crippen LogP contribution is -2.61. The van der Waals surface area contributed by atoms with Gasteiger partial charge in [-0.3, -0.25) is 4.79 Å². The zero-order chi connectivity index (χ0) is 24.1. The average Bonchev–Trinajstić information content (AvgIpc) is 3.17. The van der Waals surface area contributed by atoms with Crippen molar-refractivity contribution in [1.82, 2.24) is 10.6 Å². The molecule has 2 aromatic carbocycles. The van der Waals surface area contributed by atoms with Gasteiger partial charge in [0.15, 0.2) is 0 Å². The van der Waals surface area contributed by atoms with Crippen molar-refractivity contribution < 1.29 is 29.0 Å². The van der Waals surface area contributed by atoms with Gasteiger partial charge in [0.1, 0.15) is 12.1 Å². The molecule has 8 heteroatoms. The molecule has 178 valence electrons. The Hall–Kier alpha value is -3.65. The Bertz CT molecular complexity index is 1070. The van der Waals surface area contributed by atoms with Crippen LogP contribution >= 0.6 is 0 Å². The smallest absolute Gasteiger partial charge is 0.408 e. The number of nitrogens with one attached hydrogen (secondary N) is 2. The Labute approximate surface area is 198 Å². The molecule has 0 radical (unpaired) electrons. The van der Waals surface area contributed by atoms with Crippen LogP contribution in [0.4, 0.5) is 4.79 Å². The highest BCUT2D eigenvalue weighted by Crippen LogP contribution is 2.44. The Balaban J connectivity index is 1.42. The highest BCUT2D eigenvalue weighted by Gasteiger charge is 2.42. The van der Waals surface area contributed by atoms with Crippen LogP contribution in [0.2, 0.25) is 0 Å². The first-order valence-corrected chi connectivity index (χ1v) is 11.3. The molecular formula is C26H28N2O6. The van der Waals surface area contributed by atoms with Gasteiger partial charge in [0.05, 0.1) is 0 Å². The number of alkyl carbamates (subject to hydrolysis) is 1. The Morgan fingerprint density at radius 1 is 1.06 bits per heavy atom. The van der Waals surface area contributed by atoms with E-state index in [1.807, 2.05) is 36.4 Å². The zero-order valence-corrected chi connectivity index (χ0v) is 19.0. The first kappa shape index (κ1) is 23.5. The molecule has 2 aliphatic rings. The van der Waals surface area contributed by atoms with E-state index >= 15 is 0 Å². The summed E-state index contributed by atoms with van der Waals surface area (Å²) in [5, 5.41) is 14.4. The van der Waals surface area contributed by atoms with Gasteiger partial charge in [-0.1, -0.05) is 54.6 Å². The molecule has 34 heavy (non-hydrogen) atoms. The predicted molar refractivity (Wildman–Crippen MR) is 125 cm³/mol. The van der Waals surface area contributed by atoms with E-state index < -0.39 is 23.5 Å². The quantitative estimate of drug-likeness (QED) is 0.542. The minimum Gasteiger partial charge on any atom is -0.478 e. The Morgan fingerprint density at radius 3 is 2.24 bits per heavy atom. The topological polar surface area (TPSA) is 114 Å². The molecule has 2 aromatic rings. The second-order valence-electron chi connectivity index (χ2n) is 8.55. The van der Waals surface area contributed by atoms with E-state index in [-0.39, 0.29) is 24.6 Å². The monoisotopic (exact) mass is 464 g/mol. The number of ether oxygens (including phenoxy) is 2. The minimum absolute atomic E-state index is 0.0476. The van der Waals surface area contributed by atoms with Crippen molar-refractivity contribution in [2.45, 2.75) is 31.2 Å². The van der Waals surface area contributed by atoms with Crippen molar-refractivity contribution in [3.8, 4) is 11.1 Å². The van der Waals surface area contributed by atoms with Gasteiger partial charge in [-0.15, -0.1) is 0 Å². The first-order chi connectivity index (χ1) is 16.4. The summed E-state index contributed by atoms with van der Waals surface area (Å²) in [5.41, 5.74) is 3.44. The number of carbonyl (C=O) groups is 3. The van der Waals surface area contributed by atoms with E-state index in [1.54, 1.807) is 0 Å². The molecule has 0 aromatic heterocycles. The van der Waals surface area contributed by atoms with Gasteiger partial charge in [0.2, 0.25) is 5.91 Å². The van der Waals surface area contributed by atoms with Crippen molar-refractivity contribution in [2.24, 2.45) is 0 Å². The zero-order valence-electron chi connectivity index (χ0n) is 19.0. The molecule has 0 unspecified atom stereocenters. The second-order valence-corrected chi connectivity index (χ2v) is 8.55. The number of hydrogen-bond acceptors (Lipinski definition) is 5. The maximum absolute atomic E-state index is 13.0. The number of benzene rings is 2. The number of rotatable bonds is 7. The summed E-state index contributed by atoms with van der Waals surface area (Å²) >= 11 is 0. The van der Waals surface area contributed by atoms with E-state index in [1.165, 1.54) is 13.0 Å². The highest BCUT2D eigenvalue weighted by molar-refractivity contribution is 5.90. The lowest BCUT2D eigenvalue weighted by molar-refractivity contribution is -0.133. The number of carboxylic acids is 1.